The Kier molecular flexibility index (Phi) is 4.12. The zero-order valence-corrected chi connectivity index (χ0v) is 10.9. The first-order chi connectivity index (χ1) is 8.65. The third-order valence-electron chi connectivity index (χ3n) is 3.11. The minimum Gasteiger partial charge on any atom is -0.453 e. The number of nitrogens with zero attached hydrogens (tertiary/aromatic N) is 3. The normalized spacial score (nSPS) is 19.7. The van der Waals surface area contributed by atoms with Gasteiger partial charge in [-0.25, -0.2) is 9.97 Å². The lowest BCUT2D eigenvalue weighted by molar-refractivity contribution is -0.135. The quantitative estimate of drug-likeness (QED) is 0.813. The largest absolute Gasteiger partial charge is 0.453 e. The minimum atomic E-state index is 0.0201. The fourth-order valence-corrected chi connectivity index (χ4v) is 2.13. The average Bonchev–Trinajstić information content (AvgIpc) is 2.36. The number of likely N-dealkylation sites (tertiary alicyclic amines) is 1. The van der Waals surface area contributed by atoms with Gasteiger partial charge in [-0.05, 0) is 31.7 Å². The summed E-state index contributed by atoms with van der Waals surface area (Å²) < 4.78 is 5.32. The number of ether oxygens (including phenoxy) is 1. The van der Waals surface area contributed by atoms with Crippen LogP contribution in [0.3, 0.4) is 0 Å². The summed E-state index contributed by atoms with van der Waals surface area (Å²) in [6.07, 6.45) is 3.91. The van der Waals surface area contributed by atoms with Crippen LogP contribution in [0.2, 0.25) is 0 Å². The van der Waals surface area contributed by atoms with Gasteiger partial charge in [-0.1, -0.05) is 6.92 Å². The number of amides is 1. The van der Waals surface area contributed by atoms with Crippen LogP contribution in [-0.2, 0) is 4.79 Å². The van der Waals surface area contributed by atoms with Gasteiger partial charge in [-0.3, -0.25) is 4.79 Å². The molecule has 1 saturated heterocycles. The van der Waals surface area contributed by atoms with Gasteiger partial charge in [-0.15, -0.1) is 0 Å². The van der Waals surface area contributed by atoms with Crippen LogP contribution in [0, 0.1) is 12.8 Å². The summed E-state index contributed by atoms with van der Waals surface area (Å²) in [4.78, 5) is 21.9. The van der Waals surface area contributed by atoms with E-state index < -0.39 is 0 Å². The van der Waals surface area contributed by atoms with E-state index in [-0.39, 0.29) is 18.5 Å². The number of carbonyl (C=O) groups excluding carboxylic acids is 1. The van der Waals surface area contributed by atoms with Crippen molar-refractivity contribution in [3.05, 3.63) is 18.0 Å². The molecular weight excluding hydrogens is 230 g/mol. The highest BCUT2D eigenvalue weighted by Gasteiger charge is 2.21. The molecule has 5 nitrogen and oxygen atoms in total. The molecule has 0 radical (unpaired) electrons. The van der Waals surface area contributed by atoms with E-state index in [1.807, 2.05) is 11.8 Å². The van der Waals surface area contributed by atoms with E-state index in [0.29, 0.717) is 5.92 Å². The third-order valence-corrected chi connectivity index (χ3v) is 3.11. The Morgan fingerprint density at radius 2 is 2.44 bits per heavy atom. The first-order valence-corrected chi connectivity index (χ1v) is 6.35. The number of rotatable bonds is 3. The Morgan fingerprint density at radius 3 is 3.17 bits per heavy atom. The van der Waals surface area contributed by atoms with Gasteiger partial charge in [0.2, 0.25) is 0 Å². The first-order valence-electron chi connectivity index (χ1n) is 6.35. The first kappa shape index (κ1) is 12.8. The van der Waals surface area contributed by atoms with Gasteiger partial charge in [0.05, 0.1) is 0 Å². The van der Waals surface area contributed by atoms with E-state index in [1.54, 1.807) is 12.3 Å². The Bertz CT molecular complexity index is 422. The van der Waals surface area contributed by atoms with Crippen molar-refractivity contribution in [2.24, 2.45) is 5.92 Å². The Balaban J connectivity index is 1.84. The smallest absolute Gasteiger partial charge is 0.317 e. The van der Waals surface area contributed by atoms with Crippen molar-refractivity contribution < 1.29 is 9.53 Å². The summed E-state index contributed by atoms with van der Waals surface area (Å²) in [5, 5.41) is 0. The van der Waals surface area contributed by atoms with E-state index in [1.165, 1.54) is 6.42 Å². The zero-order valence-electron chi connectivity index (χ0n) is 10.9. The lowest BCUT2D eigenvalue weighted by Crippen LogP contribution is -2.41. The second-order valence-electron chi connectivity index (χ2n) is 4.86. The second-order valence-corrected chi connectivity index (χ2v) is 4.86. The number of hydrogen-bond donors (Lipinski definition) is 0. The van der Waals surface area contributed by atoms with Crippen LogP contribution in [0.5, 0.6) is 6.01 Å². The molecule has 0 spiro atoms. The lowest BCUT2D eigenvalue weighted by atomic mass is 10.0. The lowest BCUT2D eigenvalue weighted by Gasteiger charge is -2.30. The Hall–Kier alpha value is -1.65. The third kappa shape index (κ3) is 3.42. The molecular formula is C13H19N3O2. The maximum atomic E-state index is 11.9. The molecule has 1 aromatic heterocycles. The van der Waals surface area contributed by atoms with Crippen LogP contribution in [0.15, 0.2) is 12.3 Å². The molecule has 1 aliphatic heterocycles. The van der Waals surface area contributed by atoms with Crippen LogP contribution in [0.1, 0.15) is 25.5 Å². The van der Waals surface area contributed by atoms with E-state index in [2.05, 4.69) is 16.9 Å². The molecule has 2 heterocycles. The molecule has 1 fully saturated rings. The molecule has 0 saturated carbocycles. The monoisotopic (exact) mass is 249 g/mol. The van der Waals surface area contributed by atoms with Crippen molar-refractivity contribution in [2.45, 2.75) is 26.7 Å². The molecule has 2 rings (SSSR count). The number of piperidine rings is 1. The van der Waals surface area contributed by atoms with Crippen LogP contribution in [0.4, 0.5) is 0 Å². The fourth-order valence-electron chi connectivity index (χ4n) is 2.13. The van der Waals surface area contributed by atoms with Crippen LogP contribution in [0.25, 0.3) is 0 Å². The molecule has 18 heavy (non-hydrogen) atoms. The van der Waals surface area contributed by atoms with Crippen LogP contribution < -0.4 is 4.74 Å². The molecule has 0 N–H and O–H groups in total. The minimum absolute atomic E-state index is 0.0201. The van der Waals surface area contributed by atoms with Gasteiger partial charge in [0.25, 0.3) is 5.91 Å². The van der Waals surface area contributed by atoms with E-state index >= 15 is 0 Å². The molecule has 1 amide bonds. The number of aryl methyl sites for hydroxylation is 1. The summed E-state index contributed by atoms with van der Waals surface area (Å²) in [6, 6.07) is 2.06. The van der Waals surface area contributed by atoms with Crippen LogP contribution in [-0.4, -0.2) is 40.5 Å². The molecule has 1 aliphatic rings. The highest BCUT2D eigenvalue weighted by molar-refractivity contribution is 5.77. The van der Waals surface area contributed by atoms with Crippen molar-refractivity contribution in [1.82, 2.24) is 14.9 Å². The Labute approximate surface area is 107 Å². The second kappa shape index (κ2) is 5.80. The summed E-state index contributed by atoms with van der Waals surface area (Å²) in [6.45, 7) is 5.72. The predicted molar refractivity (Wildman–Crippen MR) is 67.2 cm³/mol. The molecule has 0 aliphatic carbocycles. The van der Waals surface area contributed by atoms with Crippen molar-refractivity contribution in [1.29, 1.82) is 0 Å². The van der Waals surface area contributed by atoms with E-state index in [9.17, 15) is 4.79 Å². The molecule has 0 aromatic carbocycles. The molecule has 98 valence electrons. The number of hydrogen-bond acceptors (Lipinski definition) is 4. The van der Waals surface area contributed by atoms with Gasteiger partial charge < -0.3 is 9.64 Å². The Morgan fingerprint density at radius 1 is 1.61 bits per heavy atom. The molecule has 1 aromatic rings. The topological polar surface area (TPSA) is 55.3 Å². The fraction of sp³-hybridized carbons (Fsp3) is 0.615. The highest BCUT2D eigenvalue weighted by atomic mass is 16.5. The van der Waals surface area contributed by atoms with E-state index in [0.717, 1.165) is 25.2 Å². The summed E-state index contributed by atoms with van der Waals surface area (Å²) in [5.41, 5.74) is 0.832. The van der Waals surface area contributed by atoms with Crippen molar-refractivity contribution in [2.75, 3.05) is 19.7 Å². The average molecular weight is 249 g/mol. The van der Waals surface area contributed by atoms with Gasteiger partial charge in [-0.2, -0.15) is 0 Å². The van der Waals surface area contributed by atoms with Crippen molar-refractivity contribution >= 4 is 5.91 Å². The molecule has 5 heteroatoms. The summed E-state index contributed by atoms with van der Waals surface area (Å²) in [5.74, 6) is 0.601. The number of aromatic nitrogens is 2. The summed E-state index contributed by atoms with van der Waals surface area (Å²) in [7, 11) is 0. The highest BCUT2D eigenvalue weighted by Crippen LogP contribution is 2.15. The molecule has 0 bridgehead atoms. The maximum absolute atomic E-state index is 11.9. The number of carbonyl (C=O) groups is 1. The van der Waals surface area contributed by atoms with Gasteiger partial charge in [0.15, 0.2) is 6.61 Å². The predicted octanol–water partition coefficient (Wildman–Crippen LogP) is 1.42. The van der Waals surface area contributed by atoms with Crippen LogP contribution >= 0.6 is 0 Å². The molecule has 0 unspecified atom stereocenters. The summed E-state index contributed by atoms with van der Waals surface area (Å²) >= 11 is 0. The maximum Gasteiger partial charge on any atom is 0.317 e. The van der Waals surface area contributed by atoms with Gasteiger partial charge in [0.1, 0.15) is 0 Å². The van der Waals surface area contributed by atoms with Gasteiger partial charge in [0, 0.05) is 25.0 Å². The zero-order chi connectivity index (χ0) is 13.0. The van der Waals surface area contributed by atoms with Crippen molar-refractivity contribution in [3.8, 4) is 6.01 Å². The molecule has 1 atom stereocenters. The van der Waals surface area contributed by atoms with E-state index in [4.69, 9.17) is 4.74 Å². The van der Waals surface area contributed by atoms with Gasteiger partial charge >= 0.3 is 6.01 Å². The standard InChI is InChI=1S/C13H19N3O2/c1-10-4-3-7-16(8-10)12(17)9-18-13-14-6-5-11(2)15-13/h5-6,10H,3-4,7-9H2,1-2H3/t10-/m1/s1. The SMILES string of the molecule is Cc1ccnc(OCC(=O)N2CCC[C@@H](C)C2)n1. The van der Waals surface area contributed by atoms with Crippen molar-refractivity contribution in [3.63, 3.8) is 0 Å².